The Bertz CT molecular complexity index is 1430. The number of hydrogen-bond acceptors (Lipinski definition) is 4. The summed E-state index contributed by atoms with van der Waals surface area (Å²) in [5, 5.41) is 12.4. The van der Waals surface area contributed by atoms with Crippen molar-refractivity contribution in [1.29, 1.82) is 0 Å². The maximum Gasteiger partial charge on any atom is 0.256 e. The highest BCUT2D eigenvalue weighted by Gasteiger charge is 2.15. The van der Waals surface area contributed by atoms with E-state index in [-0.39, 0.29) is 5.91 Å². The second kappa shape index (κ2) is 8.11. The number of para-hydroxylation sites is 1. The van der Waals surface area contributed by atoms with Crippen LogP contribution in [0.2, 0.25) is 0 Å². The summed E-state index contributed by atoms with van der Waals surface area (Å²) in [6.07, 6.45) is 7.13. The molecular formula is C25H22N6O. The van der Waals surface area contributed by atoms with Crippen LogP contribution in [0.1, 0.15) is 21.5 Å². The SMILES string of the molecule is Cc1cccc(Cn2cc(NC(=O)c3cc(-c4cnn(C)c4)nc4ccccc34)cn2)c1. The Morgan fingerprint density at radius 1 is 1.00 bits per heavy atom. The predicted molar refractivity (Wildman–Crippen MR) is 124 cm³/mol. The third kappa shape index (κ3) is 4.00. The molecule has 7 heteroatoms. The topological polar surface area (TPSA) is 77.6 Å². The molecular weight excluding hydrogens is 400 g/mol. The van der Waals surface area contributed by atoms with Gasteiger partial charge in [0.25, 0.3) is 5.91 Å². The molecule has 0 unspecified atom stereocenters. The summed E-state index contributed by atoms with van der Waals surface area (Å²) >= 11 is 0. The summed E-state index contributed by atoms with van der Waals surface area (Å²) in [7, 11) is 1.85. The molecule has 0 spiro atoms. The minimum atomic E-state index is -0.205. The standard InChI is InChI=1S/C25H22N6O/c1-17-6-5-7-18(10-17)14-31-16-20(13-27-31)28-25(32)22-11-24(19-12-26-30(2)15-19)29-23-9-4-3-8-21(22)23/h3-13,15-16H,14H2,1-2H3,(H,28,32). The van der Waals surface area contributed by atoms with E-state index < -0.39 is 0 Å². The van der Waals surface area contributed by atoms with Crippen molar-refractivity contribution in [2.45, 2.75) is 13.5 Å². The van der Waals surface area contributed by atoms with Gasteiger partial charge in [-0.3, -0.25) is 14.2 Å². The maximum absolute atomic E-state index is 13.2. The average Bonchev–Trinajstić information content (AvgIpc) is 3.41. The Balaban J connectivity index is 1.43. The Morgan fingerprint density at radius 3 is 2.69 bits per heavy atom. The van der Waals surface area contributed by atoms with Crippen molar-refractivity contribution >= 4 is 22.5 Å². The largest absolute Gasteiger partial charge is 0.319 e. The van der Waals surface area contributed by atoms with E-state index in [0.29, 0.717) is 23.5 Å². The van der Waals surface area contributed by atoms with E-state index in [4.69, 9.17) is 4.98 Å². The normalized spacial score (nSPS) is 11.1. The number of nitrogens with zero attached hydrogens (tertiary/aromatic N) is 5. The molecule has 158 valence electrons. The van der Waals surface area contributed by atoms with Gasteiger partial charge in [0.05, 0.1) is 41.4 Å². The summed E-state index contributed by atoms with van der Waals surface area (Å²) < 4.78 is 3.53. The van der Waals surface area contributed by atoms with E-state index in [1.54, 1.807) is 17.1 Å². The fraction of sp³-hybridized carbons (Fsp3) is 0.120. The molecule has 0 saturated carbocycles. The number of pyridine rings is 1. The molecule has 32 heavy (non-hydrogen) atoms. The first-order valence-electron chi connectivity index (χ1n) is 10.3. The van der Waals surface area contributed by atoms with Crippen LogP contribution in [-0.2, 0) is 13.6 Å². The van der Waals surface area contributed by atoms with Crippen molar-refractivity contribution in [3.05, 3.63) is 96.1 Å². The highest BCUT2D eigenvalue weighted by molar-refractivity contribution is 6.13. The molecule has 0 aliphatic carbocycles. The number of nitrogens with one attached hydrogen (secondary N) is 1. The summed E-state index contributed by atoms with van der Waals surface area (Å²) in [5.41, 5.74) is 5.89. The van der Waals surface area contributed by atoms with Crippen LogP contribution in [0.3, 0.4) is 0 Å². The van der Waals surface area contributed by atoms with Gasteiger partial charge >= 0.3 is 0 Å². The van der Waals surface area contributed by atoms with Crippen LogP contribution in [0.15, 0.2) is 79.4 Å². The Hall–Kier alpha value is -4.26. The zero-order chi connectivity index (χ0) is 22.1. The highest BCUT2D eigenvalue weighted by Crippen LogP contribution is 2.25. The quantitative estimate of drug-likeness (QED) is 0.454. The van der Waals surface area contributed by atoms with Gasteiger partial charge in [0, 0.05) is 30.4 Å². The van der Waals surface area contributed by atoms with E-state index >= 15 is 0 Å². The minimum Gasteiger partial charge on any atom is -0.319 e. The molecule has 0 radical (unpaired) electrons. The molecule has 0 atom stereocenters. The Morgan fingerprint density at radius 2 is 1.88 bits per heavy atom. The number of hydrogen-bond donors (Lipinski definition) is 1. The van der Waals surface area contributed by atoms with Crippen LogP contribution >= 0.6 is 0 Å². The lowest BCUT2D eigenvalue weighted by Crippen LogP contribution is -2.12. The van der Waals surface area contributed by atoms with Crippen LogP contribution in [-0.4, -0.2) is 30.5 Å². The molecule has 2 aromatic carbocycles. The molecule has 1 amide bonds. The molecule has 3 aromatic heterocycles. The third-order valence-corrected chi connectivity index (χ3v) is 5.28. The lowest BCUT2D eigenvalue weighted by atomic mass is 10.0. The van der Waals surface area contributed by atoms with Gasteiger partial charge in [-0.15, -0.1) is 0 Å². The van der Waals surface area contributed by atoms with Gasteiger partial charge in [-0.1, -0.05) is 48.0 Å². The number of benzene rings is 2. The van der Waals surface area contributed by atoms with Crippen molar-refractivity contribution in [1.82, 2.24) is 24.5 Å². The minimum absolute atomic E-state index is 0.205. The van der Waals surface area contributed by atoms with Crippen molar-refractivity contribution in [2.75, 3.05) is 5.32 Å². The molecule has 0 aliphatic rings. The van der Waals surface area contributed by atoms with Crippen LogP contribution in [0.4, 0.5) is 5.69 Å². The van der Waals surface area contributed by atoms with Gasteiger partial charge in [-0.05, 0) is 24.6 Å². The summed E-state index contributed by atoms with van der Waals surface area (Å²) in [6.45, 7) is 2.71. The highest BCUT2D eigenvalue weighted by atomic mass is 16.1. The average molecular weight is 422 g/mol. The number of aryl methyl sites for hydroxylation is 2. The molecule has 1 N–H and O–H groups in total. The van der Waals surface area contributed by atoms with Crippen molar-refractivity contribution in [2.24, 2.45) is 7.05 Å². The van der Waals surface area contributed by atoms with Gasteiger partial charge in [-0.25, -0.2) is 4.98 Å². The molecule has 0 saturated heterocycles. The van der Waals surface area contributed by atoms with Crippen molar-refractivity contribution in [3.8, 4) is 11.3 Å². The summed E-state index contributed by atoms with van der Waals surface area (Å²) in [5.74, 6) is -0.205. The molecule has 5 rings (SSSR count). The van der Waals surface area contributed by atoms with E-state index in [2.05, 4.69) is 40.6 Å². The summed E-state index contributed by atoms with van der Waals surface area (Å²) in [4.78, 5) is 17.9. The zero-order valence-electron chi connectivity index (χ0n) is 17.9. The Kier molecular flexibility index (Phi) is 4.99. The second-order valence-electron chi connectivity index (χ2n) is 7.84. The first-order valence-corrected chi connectivity index (χ1v) is 10.3. The molecule has 3 heterocycles. The number of fused-ring (bicyclic) bond motifs is 1. The molecule has 0 aliphatic heterocycles. The van der Waals surface area contributed by atoms with Crippen LogP contribution < -0.4 is 5.32 Å². The van der Waals surface area contributed by atoms with E-state index in [9.17, 15) is 4.79 Å². The predicted octanol–water partition coefficient (Wildman–Crippen LogP) is 4.44. The third-order valence-electron chi connectivity index (χ3n) is 5.28. The van der Waals surface area contributed by atoms with Crippen LogP contribution in [0.25, 0.3) is 22.2 Å². The number of anilines is 1. The van der Waals surface area contributed by atoms with Crippen molar-refractivity contribution in [3.63, 3.8) is 0 Å². The lowest BCUT2D eigenvalue weighted by Gasteiger charge is -2.09. The smallest absolute Gasteiger partial charge is 0.256 e. The van der Waals surface area contributed by atoms with Gasteiger partial charge in [0.1, 0.15) is 0 Å². The van der Waals surface area contributed by atoms with E-state index in [1.165, 1.54) is 5.56 Å². The van der Waals surface area contributed by atoms with Gasteiger partial charge in [0.2, 0.25) is 0 Å². The van der Waals surface area contributed by atoms with Crippen LogP contribution in [0.5, 0.6) is 0 Å². The second-order valence-corrected chi connectivity index (χ2v) is 7.84. The molecule has 5 aromatic rings. The first kappa shape index (κ1) is 19.7. The number of rotatable bonds is 5. The number of amides is 1. The Labute approximate surface area is 185 Å². The molecule has 7 nitrogen and oxygen atoms in total. The lowest BCUT2D eigenvalue weighted by molar-refractivity contribution is 0.102. The summed E-state index contributed by atoms with van der Waals surface area (Å²) in [6, 6.07) is 17.7. The zero-order valence-corrected chi connectivity index (χ0v) is 17.9. The molecule has 0 fully saturated rings. The first-order chi connectivity index (χ1) is 15.5. The van der Waals surface area contributed by atoms with Gasteiger partial charge < -0.3 is 5.32 Å². The van der Waals surface area contributed by atoms with E-state index in [1.807, 2.05) is 60.5 Å². The fourth-order valence-corrected chi connectivity index (χ4v) is 3.78. The van der Waals surface area contributed by atoms with Crippen molar-refractivity contribution < 1.29 is 4.79 Å². The monoisotopic (exact) mass is 422 g/mol. The molecule has 0 bridgehead atoms. The number of aromatic nitrogens is 5. The van der Waals surface area contributed by atoms with Crippen LogP contribution in [0, 0.1) is 6.92 Å². The van der Waals surface area contributed by atoms with Gasteiger partial charge in [-0.2, -0.15) is 10.2 Å². The van der Waals surface area contributed by atoms with Gasteiger partial charge in [0.15, 0.2) is 0 Å². The van der Waals surface area contributed by atoms with E-state index in [0.717, 1.165) is 22.0 Å². The number of carbonyl (C=O) groups excluding carboxylic acids is 1. The number of carbonyl (C=O) groups is 1. The maximum atomic E-state index is 13.2. The fourth-order valence-electron chi connectivity index (χ4n) is 3.78.